The molecule has 6 unspecified atom stereocenters. The molecule has 3 rings (SSSR count). The molecule has 2 aromatic heterocycles. The molecule has 0 radical (unpaired) electrons. The molecule has 0 bridgehead atoms. The number of ether oxygens (including phenoxy) is 1. The Kier molecular flexibility index (Phi) is 9.35. The second kappa shape index (κ2) is 12.5. The Morgan fingerprint density at radius 3 is 2.45 bits per heavy atom. The molecule has 3 amide bonds. The predicted octanol–water partition coefficient (Wildman–Crippen LogP) is 0.0912. The molecule has 5 N–H and O–H groups in total. The summed E-state index contributed by atoms with van der Waals surface area (Å²) in [6.45, 7) is 6.33. The number of aliphatic hydroxyl groups excluding tert-OH is 1. The Labute approximate surface area is 220 Å². The van der Waals surface area contributed by atoms with Crippen LogP contribution in [0.5, 0.6) is 5.75 Å². The summed E-state index contributed by atoms with van der Waals surface area (Å²) >= 11 is 0. The molecule has 2 aromatic rings. The molecule has 0 aromatic carbocycles. The number of aromatic hydroxyl groups is 1. The average molecular weight is 528 g/mol. The van der Waals surface area contributed by atoms with Gasteiger partial charge in [-0.25, -0.2) is 9.78 Å². The average Bonchev–Trinajstić information content (AvgIpc) is 2.88. The molecule has 1 saturated heterocycles. The zero-order valence-electron chi connectivity index (χ0n) is 21.6. The Morgan fingerprint density at radius 2 is 1.82 bits per heavy atom. The first-order chi connectivity index (χ1) is 18.0. The number of carbonyl (C=O) groups excluding carboxylic acids is 4. The first-order valence-electron chi connectivity index (χ1n) is 12.3. The molecule has 0 aliphatic carbocycles. The van der Waals surface area contributed by atoms with E-state index in [4.69, 9.17) is 4.74 Å². The third-order valence-electron chi connectivity index (χ3n) is 6.40. The highest BCUT2D eigenvalue weighted by Gasteiger charge is 2.39. The number of nitrogens with zero attached hydrogens (tertiary/aromatic N) is 2. The summed E-state index contributed by atoms with van der Waals surface area (Å²) in [5.74, 6) is -4.80. The van der Waals surface area contributed by atoms with Gasteiger partial charge in [-0.15, -0.1) is 0 Å². The number of rotatable bonds is 5. The van der Waals surface area contributed by atoms with Crippen molar-refractivity contribution in [2.45, 2.75) is 64.4 Å². The monoisotopic (exact) mass is 527 g/mol. The van der Waals surface area contributed by atoms with Gasteiger partial charge in [0.15, 0.2) is 5.69 Å². The smallest absolute Gasteiger partial charge is 0.329 e. The van der Waals surface area contributed by atoms with E-state index in [-0.39, 0.29) is 18.0 Å². The third kappa shape index (κ3) is 6.82. The van der Waals surface area contributed by atoms with Crippen LogP contribution in [0.3, 0.4) is 0 Å². The predicted molar refractivity (Wildman–Crippen MR) is 135 cm³/mol. The van der Waals surface area contributed by atoms with Crippen LogP contribution in [-0.4, -0.2) is 74.2 Å². The molecule has 3 heterocycles. The van der Waals surface area contributed by atoms with Crippen LogP contribution >= 0.6 is 0 Å². The van der Waals surface area contributed by atoms with Crippen molar-refractivity contribution < 1.29 is 34.1 Å². The van der Waals surface area contributed by atoms with Crippen LogP contribution in [0.25, 0.3) is 0 Å². The Bertz CT molecular complexity index is 1160. The highest BCUT2D eigenvalue weighted by atomic mass is 16.5. The number of hydrogen-bond donors (Lipinski definition) is 5. The van der Waals surface area contributed by atoms with Crippen molar-refractivity contribution in [2.24, 2.45) is 11.8 Å². The summed E-state index contributed by atoms with van der Waals surface area (Å²) in [6.07, 6.45) is 2.04. The molecule has 6 atom stereocenters. The maximum Gasteiger partial charge on any atom is 0.329 e. The summed E-state index contributed by atoms with van der Waals surface area (Å²) < 4.78 is 5.53. The summed E-state index contributed by atoms with van der Waals surface area (Å²) in [5.41, 5.74) is 0.368. The summed E-state index contributed by atoms with van der Waals surface area (Å²) in [5, 5.41) is 29.0. The van der Waals surface area contributed by atoms with Gasteiger partial charge in [-0.2, -0.15) is 0 Å². The van der Waals surface area contributed by atoms with E-state index in [9.17, 15) is 29.4 Å². The minimum atomic E-state index is -1.42. The summed E-state index contributed by atoms with van der Waals surface area (Å²) in [6, 6.07) is 2.72. The van der Waals surface area contributed by atoms with Gasteiger partial charge in [0.25, 0.3) is 5.91 Å². The van der Waals surface area contributed by atoms with Gasteiger partial charge in [0.2, 0.25) is 11.8 Å². The molecule has 12 nitrogen and oxygen atoms in total. The van der Waals surface area contributed by atoms with Gasteiger partial charge in [-0.3, -0.25) is 19.4 Å². The van der Waals surface area contributed by atoms with Gasteiger partial charge in [0.05, 0.1) is 18.1 Å². The summed E-state index contributed by atoms with van der Waals surface area (Å²) in [4.78, 5) is 60.3. The first-order valence-corrected chi connectivity index (χ1v) is 12.3. The number of amides is 3. The van der Waals surface area contributed by atoms with Crippen molar-refractivity contribution in [1.29, 1.82) is 0 Å². The van der Waals surface area contributed by atoms with Crippen molar-refractivity contribution in [1.82, 2.24) is 25.9 Å². The van der Waals surface area contributed by atoms with Crippen LogP contribution in [0.4, 0.5) is 0 Å². The second-order valence-corrected chi connectivity index (χ2v) is 9.65. The van der Waals surface area contributed by atoms with Crippen LogP contribution in [-0.2, 0) is 25.5 Å². The molecule has 12 heteroatoms. The molecule has 0 saturated carbocycles. The standard InChI is InChI=1S/C26H33N5O7/c1-13(2)19-26(37)38-15(4)20(31-25(36)21-18(32)8-6-10-28-21)24(35)29-17(11-16-7-5-9-27-12-16)22(33)14(3)23(34)30-19/h5-10,12-15,17,19-20,22,32-33H,11H2,1-4H3,(H,29,35)(H,30,34)(H,31,36). The fourth-order valence-corrected chi connectivity index (χ4v) is 4.09. The van der Waals surface area contributed by atoms with Crippen molar-refractivity contribution in [3.8, 4) is 5.75 Å². The van der Waals surface area contributed by atoms with Crippen LogP contribution in [0.2, 0.25) is 0 Å². The van der Waals surface area contributed by atoms with E-state index in [0.717, 1.165) is 0 Å². The lowest BCUT2D eigenvalue weighted by Crippen LogP contribution is -2.61. The van der Waals surface area contributed by atoms with E-state index in [0.29, 0.717) is 5.56 Å². The van der Waals surface area contributed by atoms with E-state index in [1.807, 2.05) is 0 Å². The maximum atomic E-state index is 13.5. The molecule has 1 aliphatic heterocycles. The minimum Gasteiger partial charge on any atom is -0.505 e. The van der Waals surface area contributed by atoms with Crippen LogP contribution in [0.1, 0.15) is 43.7 Å². The van der Waals surface area contributed by atoms with Gasteiger partial charge in [0, 0.05) is 18.6 Å². The van der Waals surface area contributed by atoms with Crippen LogP contribution in [0, 0.1) is 11.8 Å². The van der Waals surface area contributed by atoms with E-state index in [1.54, 1.807) is 38.4 Å². The number of aromatic nitrogens is 2. The van der Waals surface area contributed by atoms with Crippen LogP contribution in [0.15, 0.2) is 42.9 Å². The van der Waals surface area contributed by atoms with Crippen LogP contribution < -0.4 is 16.0 Å². The van der Waals surface area contributed by atoms with E-state index >= 15 is 0 Å². The maximum absolute atomic E-state index is 13.5. The topological polar surface area (TPSA) is 180 Å². The van der Waals surface area contributed by atoms with E-state index in [1.165, 1.54) is 32.2 Å². The highest BCUT2D eigenvalue weighted by molar-refractivity contribution is 5.98. The fourth-order valence-electron chi connectivity index (χ4n) is 4.09. The fraction of sp³-hybridized carbons (Fsp3) is 0.462. The first kappa shape index (κ1) is 28.5. The number of pyridine rings is 2. The molecule has 1 aliphatic rings. The molecule has 0 spiro atoms. The number of aliphatic hydroxyl groups is 1. The SMILES string of the molecule is CC(C)C1NC(=O)C(C)C(O)C(Cc2cccnc2)NC(=O)C(NC(=O)c2ncccc2O)C(C)OC1=O. The quantitative estimate of drug-likeness (QED) is 0.337. The number of esters is 1. The number of cyclic esters (lactones) is 1. The van der Waals surface area contributed by atoms with Gasteiger partial charge in [-0.1, -0.05) is 26.8 Å². The van der Waals surface area contributed by atoms with E-state index in [2.05, 4.69) is 25.9 Å². The molecule has 1 fully saturated rings. The second-order valence-electron chi connectivity index (χ2n) is 9.65. The lowest BCUT2D eigenvalue weighted by atomic mass is 9.91. The van der Waals surface area contributed by atoms with Gasteiger partial charge >= 0.3 is 5.97 Å². The number of carbonyl (C=O) groups is 4. The molecular formula is C26H33N5O7. The zero-order valence-corrected chi connectivity index (χ0v) is 21.6. The largest absolute Gasteiger partial charge is 0.505 e. The zero-order chi connectivity index (χ0) is 28.0. The molecule has 38 heavy (non-hydrogen) atoms. The van der Waals surface area contributed by atoms with Gasteiger partial charge < -0.3 is 30.9 Å². The Hall–Kier alpha value is -4.06. The van der Waals surface area contributed by atoms with Crippen molar-refractivity contribution in [2.75, 3.05) is 0 Å². The molecule has 204 valence electrons. The van der Waals surface area contributed by atoms with E-state index < -0.39 is 65.7 Å². The highest BCUT2D eigenvalue weighted by Crippen LogP contribution is 2.18. The Balaban J connectivity index is 1.99. The normalized spacial score (nSPS) is 26.8. The van der Waals surface area contributed by atoms with Crippen molar-refractivity contribution in [3.63, 3.8) is 0 Å². The number of nitrogens with one attached hydrogen (secondary N) is 3. The summed E-state index contributed by atoms with van der Waals surface area (Å²) in [7, 11) is 0. The van der Waals surface area contributed by atoms with Gasteiger partial charge in [0.1, 0.15) is 23.9 Å². The third-order valence-corrected chi connectivity index (χ3v) is 6.40. The van der Waals surface area contributed by atoms with Crippen molar-refractivity contribution in [3.05, 3.63) is 54.1 Å². The Morgan fingerprint density at radius 1 is 1.11 bits per heavy atom. The van der Waals surface area contributed by atoms with Crippen molar-refractivity contribution >= 4 is 23.7 Å². The molecular weight excluding hydrogens is 494 g/mol. The lowest BCUT2D eigenvalue weighted by Gasteiger charge is -2.34. The van der Waals surface area contributed by atoms with Gasteiger partial charge in [-0.05, 0) is 43.0 Å². The lowest BCUT2D eigenvalue weighted by molar-refractivity contribution is -0.157. The number of hydrogen-bond acceptors (Lipinski definition) is 9. The minimum absolute atomic E-state index is 0.127.